The maximum atomic E-state index is 12.9. The van der Waals surface area contributed by atoms with Crippen LogP contribution in [0, 0.1) is 5.82 Å². The smallest absolute Gasteiger partial charge is 0.330 e. The molecule has 0 amide bonds. The van der Waals surface area contributed by atoms with Crippen molar-refractivity contribution < 1.29 is 17.6 Å². The average molecular weight is 317 g/mol. The highest BCUT2D eigenvalue weighted by Crippen LogP contribution is 2.31. The molecule has 2 N–H and O–H groups in total. The fourth-order valence-corrected chi connectivity index (χ4v) is 2.18. The van der Waals surface area contributed by atoms with Crippen molar-refractivity contribution >= 4 is 11.8 Å². The monoisotopic (exact) mass is 317 g/mol. The molecule has 0 aliphatic rings. The zero-order valence-electron chi connectivity index (χ0n) is 10.7. The quantitative estimate of drug-likeness (QED) is 0.534. The van der Waals surface area contributed by atoms with Crippen LogP contribution < -0.4 is 5.73 Å². The Morgan fingerprint density at radius 3 is 2.33 bits per heavy atom. The van der Waals surface area contributed by atoms with Gasteiger partial charge >= 0.3 is 6.18 Å². The molecular weight excluding hydrogens is 306 g/mol. The van der Waals surface area contributed by atoms with Crippen molar-refractivity contribution in [2.45, 2.75) is 11.3 Å². The molecule has 1 aromatic carbocycles. The van der Waals surface area contributed by atoms with Crippen LogP contribution in [-0.4, -0.2) is 22.3 Å². The van der Waals surface area contributed by atoms with Crippen molar-refractivity contribution in [1.29, 1.82) is 0 Å². The van der Waals surface area contributed by atoms with E-state index in [0.29, 0.717) is 17.9 Å². The molecule has 0 atom stereocenters. The lowest BCUT2D eigenvalue weighted by Crippen LogP contribution is -2.11. The topological polar surface area (TPSA) is 51.8 Å². The van der Waals surface area contributed by atoms with E-state index in [-0.39, 0.29) is 10.9 Å². The first-order valence-corrected chi connectivity index (χ1v) is 6.94. The highest BCUT2D eigenvalue weighted by Gasteiger charge is 2.33. The van der Waals surface area contributed by atoms with Crippen LogP contribution in [0.5, 0.6) is 0 Å². The van der Waals surface area contributed by atoms with Gasteiger partial charge in [-0.2, -0.15) is 13.2 Å². The Labute approximate surface area is 122 Å². The molecule has 0 aliphatic heterocycles. The van der Waals surface area contributed by atoms with Gasteiger partial charge in [0.25, 0.3) is 0 Å². The molecular formula is C13H11F4N3S. The number of nitrogens with two attached hydrogens (primary N) is 1. The minimum absolute atomic E-state index is 0.00500. The normalized spacial score (nSPS) is 11.7. The Kier molecular flexibility index (Phi) is 4.79. The number of hydrogen-bond donors (Lipinski definition) is 1. The van der Waals surface area contributed by atoms with Crippen molar-refractivity contribution in [3.8, 4) is 11.3 Å². The molecule has 0 aliphatic carbocycles. The summed E-state index contributed by atoms with van der Waals surface area (Å²) < 4.78 is 51.5. The number of halogens is 4. The van der Waals surface area contributed by atoms with Crippen molar-refractivity contribution in [2.24, 2.45) is 5.73 Å². The number of rotatable bonds is 4. The van der Waals surface area contributed by atoms with Crippen LogP contribution in [0.15, 0.2) is 35.5 Å². The zero-order chi connectivity index (χ0) is 15.5. The second-order valence-electron chi connectivity index (χ2n) is 4.06. The number of alkyl halides is 3. The summed E-state index contributed by atoms with van der Waals surface area (Å²) in [7, 11) is 0. The van der Waals surface area contributed by atoms with Gasteiger partial charge in [0, 0.05) is 17.9 Å². The van der Waals surface area contributed by atoms with Crippen LogP contribution in [0.3, 0.4) is 0 Å². The van der Waals surface area contributed by atoms with Crippen molar-refractivity contribution in [1.82, 2.24) is 9.97 Å². The summed E-state index contributed by atoms with van der Waals surface area (Å²) in [4.78, 5) is 7.54. The predicted molar refractivity (Wildman–Crippen MR) is 72.2 cm³/mol. The number of aromatic nitrogens is 2. The first kappa shape index (κ1) is 15.7. The van der Waals surface area contributed by atoms with Gasteiger partial charge in [-0.3, -0.25) is 0 Å². The number of hydrogen-bond acceptors (Lipinski definition) is 4. The fourth-order valence-electron chi connectivity index (χ4n) is 1.55. The van der Waals surface area contributed by atoms with E-state index in [0.717, 1.165) is 30.0 Å². The Balaban J connectivity index is 2.46. The summed E-state index contributed by atoms with van der Waals surface area (Å²) in [5.41, 5.74) is 4.78. The second-order valence-corrected chi connectivity index (χ2v) is 5.12. The zero-order valence-corrected chi connectivity index (χ0v) is 11.5. The molecule has 21 heavy (non-hydrogen) atoms. The van der Waals surface area contributed by atoms with Gasteiger partial charge in [-0.25, -0.2) is 14.4 Å². The van der Waals surface area contributed by atoms with E-state index < -0.39 is 17.7 Å². The highest BCUT2D eigenvalue weighted by molar-refractivity contribution is 7.99. The molecule has 2 aromatic rings. The van der Waals surface area contributed by atoms with E-state index in [2.05, 4.69) is 9.97 Å². The molecule has 0 fully saturated rings. The van der Waals surface area contributed by atoms with Crippen LogP contribution in [-0.2, 0) is 6.18 Å². The lowest BCUT2D eigenvalue weighted by atomic mass is 10.1. The first-order valence-electron chi connectivity index (χ1n) is 5.95. The molecule has 0 bridgehead atoms. The van der Waals surface area contributed by atoms with E-state index in [1.807, 2.05) is 0 Å². The summed E-state index contributed by atoms with van der Waals surface area (Å²) in [6.07, 6.45) is -4.57. The van der Waals surface area contributed by atoms with Gasteiger partial charge in [0.2, 0.25) is 0 Å². The lowest BCUT2D eigenvalue weighted by molar-refractivity contribution is -0.141. The molecule has 0 unspecified atom stereocenters. The van der Waals surface area contributed by atoms with E-state index >= 15 is 0 Å². The number of benzene rings is 1. The highest BCUT2D eigenvalue weighted by atomic mass is 32.2. The molecule has 0 saturated carbocycles. The van der Waals surface area contributed by atoms with Crippen molar-refractivity contribution in [3.05, 3.63) is 41.8 Å². The Hall–Kier alpha value is -1.67. The summed E-state index contributed by atoms with van der Waals surface area (Å²) in [5, 5.41) is -0.00500. The van der Waals surface area contributed by atoms with E-state index in [1.165, 1.54) is 12.1 Å². The van der Waals surface area contributed by atoms with E-state index in [9.17, 15) is 17.6 Å². The van der Waals surface area contributed by atoms with Crippen LogP contribution in [0.25, 0.3) is 11.3 Å². The molecule has 0 saturated heterocycles. The molecule has 8 heteroatoms. The van der Waals surface area contributed by atoms with Crippen molar-refractivity contribution in [3.63, 3.8) is 0 Å². The molecule has 112 valence electrons. The van der Waals surface area contributed by atoms with E-state index in [4.69, 9.17) is 5.73 Å². The van der Waals surface area contributed by atoms with Crippen LogP contribution in [0.2, 0.25) is 0 Å². The van der Waals surface area contributed by atoms with Gasteiger partial charge in [-0.1, -0.05) is 11.8 Å². The van der Waals surface area contributed by atoms with Gasteiger partial charge in [-0.15, -0.1) is 0 Å². The number of thioether (sulfide) groups is 1. The maximum Gasteiger partial charge on any atom is 0.433 e. The third-order valence-electron chi connectivity index (χ3n) is 2.49. The fraction of sp³-hybridized carbons (Fsp3) is 0.231. The minimum atomic E-state index is -4.57. The summed E-state index contributed by atoms with van der Waals surface area (Å²) in [5.74, 6) is -0.0638. The van der Waals surface area contributed by atoms with Gasteiger partial charge in [0.05, 0.1) is 5.69 Å². The van der Waals surface area contributed by atoms with Gasteiger partial charge in [0.1, 0.15) is 11.5 Å². The van der Waals surface area contributed by atoms with Crippen LogP contribution in [0.1, 0.15) is 5.69 Å². The first-order chi connectivity index (χ1) is 9.90. The molecule has 1 heterocycles. The Morgan fingerprint density at radius 2 is 1.76 bits per heavy atom. The molecule has 2 rings (SSSR count). The minimum Gasteiger partial charge on any atom is -0.330 e. The molecule has 0 spiro atoms. The molecule has 3 nitrogen and oxygen atoms in total. The van der Waals surface area contributed by atoms with E-state index in [1.54, 1.807) is 0 Å². The second kappa shape index (κ2) is 6.40. The third kappa shape index (κ3) is 4.15. The van der Waals surface area contributed by atoms with Gasteiger partial charge < -0.3 is 5.73 Å². The largest absolute Gasteiger partial charge is 0.433 e. The Bertz CT molecular complexity index is 614. The average Bonchev–Trinajstić information content (AvgIpc) is 2.44. The van der Waals surface area contributed by atoms with Crippen LogP contribution >= 0.6 is 11.8 Å². The third-order valence-corrected chi connectivity index (χ3v) is 3.37. The van der Waals surface area contributed by atoms with Gasteiger partial charge in [0.15, 0.2) is 5.16 Å². The summed E-state index contributed by atoms with van der Waals surface area (Å²) >= 11 is 1.04. The summed E-state index contributed by atoms with van der Waals surface area (Å²) in [6, 6.07) is 5.92. The molecule has 0 radical (unpaired) electrons. The molecule has 1 aromatic heterocycles. The van der Waals surface area contributed by atoms with Crippen molar-refractivity contribution in [2.75, 3.05) is 12.3 Å². The Morgan fingerprint density at radius 1 is 1.10 bits per heavy atom. The summed E-state index contributed by atoms with van der Waals surface area (Å²) in [6.45, 7) is 0.302. The SMILES string of the molecule is NCCSc1nc(-c2ccc(F)cc2)cc(C(F)(F)F)n1. The predicted octanol–water partition coefficient (Wildman–Crippen LogP) is 3.35. The van der Waals surface area contributed by atoms with Gasteiger partial charge in [-0.05, 0) is 30.3 Å². The standard InChI is InChI=1S/C13H11F4N3S/c14-9-3-1-8(2-4-9)10-7-11(13(15,16)17)20-12(19-10)21-6-5-18/h1-4,7H,5-6,18H2. The van der Waals surface area contributed by atoms with Crippen LogP contribution in [0.4, 0.5) is 17.6 Å². The maximum absolute atomic E-state index is 12.9. The lowest BCUT2D eigenvalue weighted by Gasteiger charge is -2.10. The number of nitrogens with zero attached hydrogens (tertiary/aromatic N) is 2.